The van der Waals surface area contributed by atoms with Gasteiger partial charge in [0.25, 0.3) is 0 Å². The quantitative estimate of drug-likeness (QED) is 0.874. The van der Waals surface area contributed by atoms with Gasteiger partial charge in [-0.1, -0.05) is 30.9 Å². The molecule has 2 N–H and O–H groups in total. The fourth-order valence-electron chi connectivity index (χ4n) is 2.94. The molecule has 1 aliphatic carbocycles. The van der Waals surface area contributed by atoms with Crippen molar-refractivity contribution in [2.45, 2.75) is 51.1 Å². The van der Waals surface area contributed by atoms with Gasteiger partial charge in [0.2, 0.25) is 0 Å². The standard InChI is InChI=1S/C14H24ClN3O/c1-14(10-19,11-6-4-3-5-7-11)17-9-13-16-8-12(15)18(13)2/h8,11,17,19H,3-7,9-10H2,1-2H3. The van der Waals surface area contributed by atoms with Crippen LogP contribution in [0.1, 0.15) is 44.9 Å². The van der Waals surface area contributed by atoms with Crippen LogP contribution in [0.15, 0.2) is 6.20 Å². The minimum atomic E-state index is -0.223. The number of aliphatic hydroxyl groups excluding tert-OH is 1. The van der Waals surface area contributed by atoms with Crippen molar-refractivity contribution in [1.82, 2.24) is 14.9 Å². The summed E-state index contributed by atoms with van der Waals surface area (Å²) < 4.78 is 1.87. The van der Waals surface area contributed by atoms with Crippen molar-refractivity contribution in [2.75, 3.05) is 6.61 Å². The molecular formula is C14H24ClN3O. The van der Waals surface area contributed by atoms with Gasteiger partial charge in [-0.3, -0.25) is 0 Å². The predicted molar refractivity (Wildman–Crippen MR) is 77.1 cm³/mol. The largest absolute Gasteiger partial charge is 0.394 e. The van der Waals surface area contributed by atoms with Gasteiger partial charge in [-0.2, -0.15) is 0 Å². The third kappa shape index (κ3) is 3.30. The van der Waals surface area contributed by atoms with Gasteiger partial charge in [0.15, 0.2) is 0 Å². The van der Waals surface area contributed by atoms with Crippen LogP contribution >= 0.6 is 11.6 Å². The highest BCUT2D eigenvalue weighted by molar-refractivity contribution is 6.29. The Morgan fingerprint density at radius 2 is 2.16 bits per heavy atom. The van der Waals surface area contributed by atoms with Crippen LogP contribution in [-0.2, 0) is 13.6 Å². The molecule has 1 aliphatic rings. The Kier molecular flexibility index (Phi) is 4.87. The molecule has 0 bridgehead atoms. The molecule has 0 amide bonds. The number of aromatic nitrogens is 2. The van der Waals surface area contributed by atoms with Crippen LogP contribution in [0.4, 0.5) is 0 Å². The Balaban J connectivity index is 1.99. The third-order valence-electron chi connectivity index (χ3n) is 4.51. The summed E-state index contributed by atoms with van der Waals surface area (Å²) >= 11 is 5.99. The molecule has 1 aromatic rings. The maximum absolute atomic E-state index is 9.77. The van der Waals surface area contributed by atoms with E-state index < -0.39 is 0 Å². The van der Waals surface area contributed by atoms with E-state index in [0.717, 1.165) is 5.82 Å². The lowest BCUT2D eigenvalue weighted by molar-refractivity contribution is 0.0928. The molecule has 1 aromatic heterocycles. The van der Waals surface area contributed by atoms with Gasteiger partial charge in [0.1, 0.15) is 11.0 Å². The number of rotatable bonds is 5. The van der Waals surface area contributed by atoms with Crippen LogP contribution in [-0.4, -0.2) is 26.8 Å². The van der Waals surface area contributed by atoms with E-state index in [4.69, 9.17) is 11.6 Å². The molecule has 0 spiro atoms. The van der Waals surface area contributed by atoms with Gasteiger partial charge < -0.3 is 15.0 Å². The van der Waals surface area contributed by atoms with E-state index in [1.165, 1.54) is 32.1 Å². The van der Waals surface area contributed by atoms with Crippen molar-refractivity contribution < 1.29 is 5.11 Å². The van der Waals surface area contributed by atoms with Gasteiger partial charge in [-0.25, -0.2) is 4.98 Å². The van der Waals surface area contributed by atoms with E-state index in [2.05, 4.69) is 17.2 Å². The zero-order valence-corrected chi connectivity index (χ0v) is 12.6. The first-order valence-corrected chi connectivity index (χ1v) is 7.46. The zero-order chi connectivity index (χ0) is 13.9. The summed E-state index contributed by atoms with van der Waals surface area (Å²) in [6.45, 7) is 2.92. The van der Waals surface area contributed by atoms with Gasteiger partial charge >= 0.3 is 0 Å². The second-order valence-electron chi connectivity index (χ2n) is 5.82. The highest BCUT2D eigenvalue weighted by Crippen LogP contribution is 2.32. The number of hydrogen-bond donors (Lipinski definition) is 2. The predicted octanol–water partition coefficient (Wildman–Crippen LogP) is 2.49. The Morgan fingerprint density at radius 3 is 2.68 bits per heavy atom. The fourth-order valence-corrected chi connectivity index (χ4v) is 3.08. The maximum Gasteiger partial charge on any atom is 0.128 e. The second-order valence-corrected chi connectivity index (χ2v) is 6.21. The molecule has 2 rings (SSSR count). The molecule has 1 unspecified atom stereocenters. The molecule has 4 nitrogen and oxygen atoms in total. The minimum Gasteiger partial charge on any atom is -0.394 e. The van der Waals surface area contributed by atoms with Crippen LogP contribution in [0, 0.1) is 5.92 Å². The Labute approximate surface area is 120 Å². The monoisotopic (exact) mass is 285 g/mol. The van der Waals surface area contributed by atoms with Crippen LogP contribution in [0.3, 0.4) is 0 Å². The Hall–Kier alpha value is -0.580. The van der Waals surface area contributed by atoms with E-state index in [9.17, 15) is 5.11 Å². The van der Waals surface area contributed by atoms with Crippen molar-refractivity contribution in [3.8, 4) is 0 Å². The first-order chi connectivity index (χ1) is 9.07. The smallest absolute Gasteiger partial charge is 0.128 e. The fraction of sp³-hybridized carbons (Fsp3) is 0.786. The van der Waals surface area contributed by atoms with Crippen molar-refractivity contribution in [1.29, 1.82) is 0 Å². The summed E-state index contributed by atoms with van der Waals surface area (Å²) in [7, 11) is 1.91. The molecule has 0 radical (unpaired) electrons. The van der Waals surface area contributed by atoms with E-state index in [-0.39, 0.29) is 12.1 Å². The van der Waals surface area contributed by atoms with Crippen LogP contribution in [0.25, 0.3) is 0 Å². The highest BCUT2D eigenvalue weighted by Gasteiger charge is 2.34. The summed E-state index contributed by atoms with van der Waals surface area (Å²) in [5, 5.41) is 13.9. The molecule has 5 heteroatoms. The number of imidazole rings is 1. The third-order valence-corrected chi connectivity index (χ3v) is 4.86. The summed E-state index contributed by atoms with van der Waals surface area (Å²) in [5.74, 6) is 1.45. The van der Waals surface area contributed by atoms with Crippen LogP contribution < -0.4 is 5.32 Å². The average molecular weight is 286 g/mol. The van der Waals surface area contributed by atoms with Gasteiger partial charge in [-0.05, 0) is 25.7 Å². The first kappa shape index (κ1) is 14.8. The molecule has 1 heterocycles. The molecule has 0 saturated heterocycles. The van der Waals surface area contributed by atoms with Gasteiger partial charge in [-0.15, -0.1) is 0 Å². The summed E-state index contributed by atoms with van der Waals surface area (Å²) in [4.78, 5) is 4.28. The number of nitrogens with one attached hydrogen (secondary N) is 1. The topological polar surface area (TPSA) is 50.1 Å². The second kappa shape index (κ2) is 6.25. The lowest BCUT2D eigenvalue weighted by Gasteiger charge is -2.39. The Morgan fingerprint density at radius 1 is 1.47 bits per heavy atom. The van der Waals surface area contributed by atoms with Crippen molar-refractivity contribution >= 4 is 11.6 Å². The first-order valence-electron chi connectivity index (χ1n) is 7.09. The van der Waals surface area contributed by atoms with Gasteiger partial charge in [0.05, 0.1) is 19.3 Å². The molecule has 0 aliphatic heterocycles. The number of aliphatic hydroxyl groups is 1. The van der Waals surface area contributed by atoms with E-state index in [0.29, 0.717) is 17.6 Å². The van der Waals surface area contributed by atoms with E-state index in [1.807, 2.05) is 11.6 Å². The summed E-state index contributed by atoms with van der Waals surface area (Å²) in [6, 6.07) is 0. The van der Waals surface area contributed by atoms with Crippen molar-refractivity contribution in [3.05, 3.63) is 17.2 Å². The molecule has 1 atom stereocenters. The number of nitrogens with zero attached hydrogens (tertiary/aromatic N) is 2. The van der Waals surface area contributed by atoms with Crippen molar-refractivity contribution in [2.24, 2.45) is 13.0 Å². The van der Waals surface area contributed by atoms with E-state index in [1.54, 1.807) is 6.20 Å². The number of hydrogen-bond acceptors (Lipinski definition) is 3. The Bertz CT molecular complexity index is 415. The molecule has 19 heavy (non-hydrogen) atoms. The van der Waals surface area contributed by atoms with Crippen molar-refractivity contribution in [3.63, 3.8) is 0 Å². The van der Waals surface area contributed by atoms with Crippen LogP contribution in [0.5, 0.6) is 0 Å². The van der Waals surface area contributed by atoms with E-state index >= 15 is 0 Å². The lowest BCUT2D eigenvalue weighted by atomic mass is 9.76. The lowest BCUT2D eigenvalue weighted by Crippen LogP contribution is -2.52. The summed E-state index contributed by atoms with van der Waals surface area (Å²) in [6.07, 6.45) is 7.94. The van der Waals surface area contributed by atoms with Crippen LogP contribution in [0.2, 0.25) is 5.15 Å². The highest BCUT2D eigenvalue weighted by atomic mass is 35.5. The van der Waals surface area contributed by atoms with Gasteiger partial charge in [0, 0.05) is 12.6 Å². The molecule has 108 valence electrons. The number of halogens is 1. The molecule has 1 fully saturated rings. The average Bonchev–Trinajstić information content (AvgIpc) is 2.77. The molecular weight excluding hydrogens is 262 g/mol. The SMILES string of the molecule is Cn1c(Cl)cnc1CNC(C)(CO)C1CCCCC1. The zero-order valence-electron chi connectivity index (χ0n) is 11.8. The summed E-state index contributed by atoms with van der Waals surface area (Å²) in [5.41, 5.74) is -0.223. The molecule has 1 saturated carbocycles. The minimum absolute atomic E-state index is 0.163. The molecule has 0 aromatic carbocycles. The normalized spacial score (nSPS) is 20.4. The maximum atomic E-state index is 9.77.